The van der Waals surface area contributed by atoms with E-state index in [2.05, 4.69) is 22.2 Å². The summed E-state index contributed by atoms with van der Waals surface area (Å²) in [6.45, 7) is 4.87. The summed E-state index contributed by atoms with van der Waals surface area (Å²) in [7, 11) is 0. The molecule has 0 aliphatic rings. The smallest absolute Gasteiger partial charge is 0.343 e. The summed E-state index contributed by atoms with van der Waals surface area (Å²) < 4.78 is 10.8. The minimum Gasteiger partial charge on any atom is -0.494 e. The summed E-state index contributed by atoms with van der Waals surface area (Å²) in [5.41, 5.74) is 1.94. The summed E-state index contributed by atoms with van der Waals surface area (Å²) in [5.74, 6) is 1.27. The van der Waals surface area contributed by atoms with E-state index in [4.69, 9.17) is 9.47 Å². The standard InChI is InChI=1S/C23H25N3O3/c1-3-5-15-29-19-13-11-18(12-14-19)25-22-20(23(27)28-4-2)16-24-21(26-22)17-9-7-6-8-10-17/h6-14,16H,3-5,15H2,1-2H3,(H,24,25,26). The molecular formula is C23H25N3O3. The van der Waals surface area contributed by atoms with Gasteiger partial charge >= 0.3 is 5.97 Å². The lowest BCUT2D eigenvalue weighted by molar-refractivity contribution is 0.0526. The van der Waals surface area contributed by atoms with Gasteiger partial charge in [0.1, 0.15) is 17.1 Å². The van der Waals surface area contributed by atoms with E-state index < -0.39 is 5.97 Å². The number of anilines is 2. The fraction of sp³-hybridized carbons (Fsp3) is 0.261. The Kier molecular flexibility index (Phi) is 7.16. The number of hydrogen-bond acceptors (Lipinski definition) is 6. The van der Waals surface area contributed by atoms with Crippen LogP contribution in [0.2, 0.25) is 0 Å². The van der Waals surface area contributed by atoms with Gasteiger partial charge in [-0.25, -0.2) is 14.8 Å². The molecule has 6 heteroatoms. The van der Waals surface area contributed by atoms with Gasteiger partial charge in [-0.1, -0.05) is 43.7 Å². The average molecular weight is 391 g/mol. The normalized spacial score (nSPS) is 10.4. The van der Waals surface area contributed by atoms with Crippen LogP contribution in [0.15, 0.2) is 60.8 Å². The Morgan fingerprint density at radius 3 is 2.48 bits per heavy atom. The molecule has 1 heterocycles. The minimum absolute atomic E-state index is 0.280. The Morgan fingerprint density at radius 2 is 1.79 bits per heavy atom. The third-order valence-electron chi connectivity index (χ3n) is 4.20. The van der Waals surface area contributed by atoms with E-state index >= 15 is 0 Å². The van der Waals surface area contributed by atoms with Crippen LogP contribution in [0.4, 0.5) is 11.5 Å². The fourth-order valence-electron chi connectivity index (χ4n) is 2.67. The van der Waals surface area contributed by atoms with E-state index in [0.29, 0.717) is 18.2 Å². The number of carbonyl (C=O) groups excluding carboxylic acids is 1. The molecule has 1 N–H and O–H groups in total. The summed E-state index contributed by atoms with van der Waals surface area (Å²) in [4.78, 5) is 21.3. The molecule has 0 bridgehead atoms. The Balaban J connectivity index is 1.86. The van der Waals surface area contributed by atoms with Crippen molar-refractivity contribution >= 4 is 17.5 Å². The number of hydrogen-bond donors (Lipinski definition) is 1. The van der Waals surface area contributed by atoms with E-state index in [1.807, 2.05) is 54.6 Å². The SMILES string of the molecule is CCCCOc1ccc(Nc2nc(-c3ccccc3)ncc2C(=O)OCC)cc1. The lowest BCUT2D eigenvalue weighted by Crippen LogP contribution is -2.11. The maximum atomic E-state index is 12.3. The molecule has 0 amide bonds. The molecule has 0 aliphatic heterocycles. The molecule has 0 saturated heterocycles. The van der Waals surface area contributed by atoms with Crippen LogP contribution in [-0.4, -0.2) is 29.2 Å². The zero-order valence-corrected chi connectivity index (χ0v) is 16.7. The first-order valence-corrected chi connectivity index (χ1v) is 9.80. The number of rotatable bonds is 9. The van der Waals surface area contributed by atoms with Crippen molar-refractivity contribution in [2.24, 2.45) is 0 Å². The van der Waals surface area contributed by atoms with Crippen molar-refractivity contribution in [3.05, 3.63) is 66.4 Å². The molecule has 29 heavy (non-hydrogen) atoms. The molecule has 0 spiro atoms. The zero-order chi connectivity index (χ0) is 20.5. The van der Waals surface area contributed by atoms with E-state index in [1.54, 1.807) is 6.92 Å². The van der Waals surface area contributed by atoms with Crippen molar-refractivity contribution in [3.63, 3.8) is 0 Å². The highest BCUT2D eigenvalue weighted by Crippen LogP contribution is 2.24. The van der Waals surface area contributed by atoms with E-state index in [9.17, 15) is 4.79 Å². The Morgan fingerprint density at radius 1 is 1.03 bits per heavy atom. The second kappa shape index (κ2) is 10.2. The lowest BCUT2D eigenvalue weighted by Gasteiger charge is -2.12. The number of benzene rings is 2. The molecule has 0 aliphatic carbocycles. The lowest BCUT2D eigenvalue weighted by atomic mass is 10.2. The fourth-order valence-corrected chi connectivity index (χ4v) is 2.67. The first-order valence-electron chi connectivity index (χ1n) is 9.80. The Labute approximate surface area is 170 Å². The van der Waals surface area contributed by atoms with E-state index in [1.165, 1.54) is 6.20 Å². The van der Waals surface area contributed by atoms with Crippen LogP contribution in [0.5, 0.6) is 5.75 Å². The first-order chi connectivity index (χ1) is 14.2. The van der Waals surface area contributed by atoms with Gasteiger partial charge in [0.15, 0.2) is 5.82 Å². The third-order valence-corrected chi connectivity index (χ3v) is 4.20. The number of nitrogens with one attached hydrogen (secondary N) is 1. The highest BCUT2D eigenvalue weighted by atomic mass is 16.5. The molecule has 0 radical (unpaired) electrons. The van der Waals surface area contributed by atoms with Crippen LogP contribution in [0.3, 0.4) is 0 Å². The quantitative estimate of drug-likeness (QED) is 0.397. The zero-order valence-electron chi connectivity index (χ0n) is 16.7. The molecule has 0 fully saturated rings. The summed E-state index contributed by atoms with van der Waals surface area (Å²) in [6, 6.07) is 17.2. The Hall–Kier alpha value is -3.41. The summed E-state index contributed by atoms with van der Waals surface area (Å²) in [5, 5.41) is 3.21. The molecule has 2 aromatic carbocycles. The second-order valence-corrected chi connectivity index (χ2v) is 6.39. The molecule has 6 nitrogen and oxygen atoms in total. The van der Waals surface area contributed by atoms with Gasteiger partial charge in [0, 0.05) is 17.4 Å². The van der Waals surface area contributed by atoms with E-state index in [-0.39, 0.29) is 12.2 Å². The largest absolute Gasteiger partial charge is 0.494 e. The number of nitrogens with zero attached hydrogens (tertiary/aromatic N) is 2. The average Bonchev–Trinajstić information content (AvgIpc) is 2.76. The van der Waals surface area contributed by atoms with Crippen LogP contribution in [0.1, 0.15) is 37.0 Å². The predicted molar refractivity (Wildman–Crippen MR) is 114 cm³/mol. The highest BCUT2D eigenvalue weighted by molar-refractivity contribution is 5.95. The summed E-state index contributed by atoms with van der Waals surface area (Å²) in [6.07, 6.45) is 3.61. The molecule has 150 valence electrons. The van der Waals surface area contributed by atoms with Crippen molar-refractivity contribution in [1.82, 2.24) is 9.97 Å². The highest BCUT2D eigenvalue weighted by Gasteiger charge is 2.17. The third kappa shape index (κ3) is 5.54. The van der Waals surface area contributed by atoms with Crippen molar-refractivity contribution < 1.29 is 14.3 Å². The van der Waals surface area contributed by atoms with Gasteiger partial charge in [-0.15, -0.1) is 0 Å². The summed E-state index contributed by atoms with van der Waals surface area (Å²) >= 11 is 0. The monoisotopic (exact) mass is 391 g/mol. The van der Waals surface area contributed by atoms with Crippen LogP contribution >= 0.6 is 0 Å². The number of unbranched alkanes of at least 4 members (excludes halogenated alkanes) is 1. The number of ether oxygens (including phenoxy) is 2. The van der Waals surface area contributed by atoms with Crippen LogP contribution in [0, 0.1) is 0 Å². The van der Waals surface area contributed by atoms with Gasteiger partial charge in [-0.05, 0) is 37.6 Å². The molecule has 1 aromatic heterocycles. The van der Waals surface area contributed by atoms with Gasteiger partial charge in [0.05, 0.1) is 13.2 Å². The van der Waals surface area contributed by atoms with Crippen LogP contribution in [0.25, 0.3) is 11.4 Å². The molecule has 3 rings (SSSR count). The Bertz CT molecular complexity index is 928. The van der Waals surface area contributed by atoms with Crippen molar-refractivity contribution in [1.29, 1.82) is 0 Å². The minimum atomic E-state index is -0.464. The van der Waals surface area contributed by atoms with Crippen molar-refractivity contribution in [3.8, 4) is 17.1 Å². The number of esters is 1. The molecule has 3 aromatic rings. The van der Waals surface area contributed by atoms with Gasteiger partial charge < -0.3 is 14.8 Å². The topological polar surface area (TPSA) is 73.3 Å². The van der Waals surface area contributed by atoms with Gasteiger partial charge in [0.25, 0.3) is 0 Å². The maximum Gasteiger partial charge on any atom is 0.343 e. The van der Waals surface area contributed by atoms with E-state index in [0.717, 1.165) is 29.8 Å². The van der Waals surface area contributed by atoms with Gasteiger partial charge in [-0.2, -0.15) is 0 Å². The van der Waals surface area contributed by atoms with Crippen LogP contribution in [-0.2, 0) is 4.74 Å². The number of aromatic nitrogens is 2. The second-order valence-electron chi connectivity index (χ2n) is 6.39. The first kappa shape index (κ1) is 20.3. The van der Waals surface area contributed by atoms with Gasteiger partial charge in [0.2, 0.25) is 0 Å². The molecule has 0 unspecified atom stereocenters. The van der Waals surface area contributed by atoms with Crippen LogP contribution < -0.4 is 10.1 Å². The predicted octanol–water partition coefficient (Wildman–Crippen LogP) is 5.24. The van der Waals surface area contributed by atoms with Gasteiger partial charge in [-0.3, -0.25) is 0 Å². The molecule has 0 saturated carbocycles. The van der Waals surface area contributed by atoms with Crippen molar-refractivity contribution in [2.45, 2.75) is 26.7 Å². The molecular weight excluding hydrogens is 366 g/mol. The molecule has 0 atom stereocenters. The maximum absolute atomic E-state index is 12.3. The van der Waals surface area contributed by atoms with Crippen molar-refractivity contribution in [2.75, 3.05) is 18.5 Å². The number of carbonyl (C=O) groups is 1.